The first kappa shape index (κ1) is 23.1. The third-order valence-electron chi connectivity index (χ3n) is 6.08. The number of likely N-dealkylation sites (tertiary alicyclic amines) is 1. The maximum Gasteiger partial charge on any atom is 0.246 e. The molecule has 2 amide bonds. The Hall–Kier alpha value is -3.04. The number of anilines is 1. The summed E-state index contributed by atoms with van der Waals surface area (Å²) in [5.41, 5.74) is 1.77. The number of fused-ring (bicyclic) bond motifs is 1. The highest BCUT2D eigenvalue weighted by atomic mass is 32.2. The maximum absolute atomic E-state index is 13.0. The first-order valence-corrected chi connectivity index (χ1v) is 12.6. The minimum atomic E-state index is -3.55. The second-order valence-electron chi connectivity index (χ2n) is 8.37. The van der Waals surface area contributed by atoms with Gasteiger partial charge in [-0.3, -0.25) is 9.59 Å². The smallest absolute Gasteiger partial charge is 0.246 e. The van der Waals surface area contributed by atoms with Crippen LogP contribution in [0.4, 0.5) is 5.82 Å². The fraction of sp³-hybridized carbons (Fsp3) is 0.375. The van der Waals surface area contributed by atoms with Crippen LogP contribution in [0.3, 0.4) is 0 Å². The van der Waals surface area contributed by atoms with Crippen LogP contribution in [-0.4, -0.2) is 60.6 Å². The van der Waals surface area contributed by atoms with Crippen LogP contribution in [0.2, 0.25) is 0 Å². The second kappa shape index (κ2) is 9.84. The van der Waals surface area contributed by atoms with Gasteiger partial charge < -0.3 is 10.2 Å². The number of rotatable bonds is 7. The molecule has 0 radical (unpaired) electrons. The number of nitrogens with zero attached hydrogens (tertiary/aromatic N) is 3. The Morgan fingerprint density at radius 3 is 2.82 bits per heavy atom. The zero-order valence-corrected chi connectivity index (χ0v) is 19.4. The van der Waals surface area contributed by atoms with E-state index in [1.54, 1.807) is 47.5 Å². The second-order valence-corrected chi connectivity index (χ2v) is 10.3. The molecule has 0 spiro atoms. The molecular formula is C24H28N4O4S. The van der Waals surface area contributed by atoms with E-state index in [1.165, 1.54) is 10.4 Å². The van der Waals surface area contributed by atoms with Crippen molar-refractivity contribution in [2.45, 2.75) is 31.1 Å². The van der Waals surface area contributed by atoms with Crippen LogP contribution < -0.4 is 5.32 Å². The van der Waals surface area contributed by atoms with Gasteiger partial charge in [-0.2, -0.15) is 4.31 Å². The number of nitrogens with one attached hydrogen (secondary N) is 1. The van der Waals surface area contributed by atoms with Gasteiger partial charge in [0.05, 0.1) is 4.90 Å². The number of carbonyl (C=O) groups excluding carboxylic acids is 2. The highest BCUT2D eigenvalue weighted by Gasteiger charge is 2.31. The quantitative estimate of drug-likeness (QED) is 0.630. The maximum atomic E-state index is 13.0. The van der Waals surface area contributed by atoms with Gasteiger partial charge in [0.2, 0.25) is 21.8 Å². The standard InChI is InChI=1S/C24H28N4O4S/c1-2-28(33(31,32)21-6-4-3-5-7-21)17-19-12-13-27(16-19)23(30)11-8-18-14-20-9-10-22(29)26-24(20)25-15-18/h3-8,11,14-15,19H,2,9-10,12-13,16-17H2,1H3,(H,25,26,29). The molecule has 0 bridgehead atoms. The van der Waals surface area contributed by atoms with Crippen molar-refractivity contribution in [3.63, 3.8) is 0 Å². The van der Waals surface area contributed by atoms with Crippen molar-refractivity contribution in [1.29, 1.82) is 0 Å². The molecule has 1 atom stereocenters. The normalized spacial score (nSPS) is 18.5. The van der Waals surface area contributed by atoms with Gasteiger partial charge in [-0.25, -0.2) is 13.4 Å². The number of hydrogen-bond donors (Lipinski definition) is 1. The average Bonchev–Trinajstić information content (AvgIpc) is 3.30. The number of carbonyl (C=O) groups is 2. The van der Waals surface area contributed by atoms with E-state index in [4.69, 9.17) is 0 Å². The SMILES string of the molecule is CCN(CC1CCN(C(=O)C=Cc2cnc3c(c2)CCC(=O)N3)C1)S(=O)(=O)c1ccccc1. The highest BCUT2D eigenvalue weighted by Crippen LogP contribution is 2.23. The molecule has 9 heteroatoms. The Morgan fingerprint density at radius 1 is 1.27 bits per heavy atom. The van der Waals surface area contributed by atoms with E-state index in [9.17, 15) is 18.0 Å². The van der Waals surface area contributed by atoms with Gasteiger partial charge in [0.25, 0.3) is 0 Å². The molecular weight excluding hydrogens is 440 g/mol. The van der Waals surface area contributed by atoms with Crippen LogP contribution in [0.15, 0.2) is 53.6 Å². The lowest BCUT2D eigenvalue weighted by Gasteiger charge is -2.24. The average molecular weight is 469 g/mol. The van der Waals surface area contributed by atoms with Crippen LogP contribution in [0.1, 0.15) is 30.9 Å². The van der Waals surface area contributed by atoms with E-state index in [1.807, 2.05) is 13.0 Å². The van der Waals surface area contributed by atoms with Gasteiger partial charge in [-0.15, -0.1) is 0 Å². The van der Waals surface area contributed by atoms with Crippen LogP contribution in [0, 0.1) is 5.92 Å². The lowest BCUT2D eigenvalue weighted by atomic mass is 10.0. The van der Waals surface area contributed by atoms with E-state index >= 15 is 0 Å². The molecule has 1 N–H and O–H groups in total. The summed E-state index contributed by atoms with van der Waals surface area (Å²) in [6.07, 6.45) is 6.74. The number of aromatic nitrogens is 1. The van der Waals surface area contributed by atoms with Crippen LogP contribution >= 0.6 is 0 Å². The van der Waals surface area contributed by atoms with Crippen molar-refractivity contribution < 1.29 is 18.0 Å². The summed E-state index contributed by atoms with van der Waals surface area (Å²) >= 11 is 0. The number of pyridine rings is 1. The molecule has 0 saturated carbocycles. The predicted molar refractivity (Wildman–Crippen MR) is 126 cm³/mol. The molecule has 1 unspecified atom stereocenters. The fourth-order valence-corrected chi connectivity index (χ4v) is 5.79. The number of hydrogen-bond acceptors (Lipinski definition) is 5. The van der Waals surface area contributed by atoms with Crippen molar-refractivity contribution >= 4 is 33.7 Å². The Labute approximate surface area is 194 Å². The minimum Gasteiger partial charge on any atom is -0.339 e. The molecule has 3 heterocycles. The van der Waals surface area contributed by atoms with E-state index in [-0.39, 0.29) is 17.7 Å². The molecule has 1 aromatic carbocycles. The van der Waals surface area contributed by atoms with Crippen molar-refractivity contribution in [2.24, 2.45) is 5.92 Å². The first-order chi connectivity index (χ1) is 15.9. The summed E-state index contributed by atoms with van der Waals surface area (Å²) in [6, 6.07) is 10.4. The van der Waals surface area contributed by atoms with Crippen LogP contribution in [0.5, 0.6) is 0 Å². The summed E-state index contributed by atoms with van der Waals surface area (Å²) in [5, 5.41) is 2.75. The Morgan fingerprint density at radius 2 is 2.06 bits per heavy atom. The van der Waals surface area contributed by atoms with Crippen molar-refractivity contribution in [3.05, 3.63) is 59.8 Å². The number of aryl methyl sites for hydroxylation is 1. The van der Waals surface area contributed by atoms with E-state index in [2.05, 4.69) is 10.3 Å². The third kappa shape index (κ3) is 5.31. The van der Waals surface area contributed by atoms with Gasteiger partial charge in [0, 0.05) is 44.9 Å². The van der Waals surface area contributed by atoms with E-state index in [0.717, 1.165) is 17.5 Å². The first-order valence-electron chi connectivity index (χ1n) is 11.2. The zero-order valence-electron chi connectivity index (χ0n) is 18.6. The third-order valence-corrected chi connectivity index (χ3v) is 8.03. The Kier molecular flexibility index (Phi) is 6.90. The van der Waals surface area contributed by atoms with Gasteiger partial charge in [-0.1, -0.05) is 25.1 Å². The van der Waals surface area contributed by atoms with Crippen molar-refractivity contribution in [3.8, 4) is 0 Å². The van der Waals surface area contributed by atoms with Gasteiger partial charge in [0.15, 0.2) is 0 Å². The summed E-state index contributed by atoms with van der Waals surface area (Å²) in [6.45, 7) is 3.73. The minimum absolute atomic E-state index is 0.0322. The highest BCUT2D eigenvalue weighted by molar-refractivity contribution is 7.89. The monoisotopic (exact) mass is 468 g/mol. The lowest BCUT2D eigenvalue weighted by Crippen LogP contribution is -2.36. The molecule has 4 rings (SSSR count). The van der Waals surface area contributed by atoms with Crippen molar-refractivity contribution in [1.82, 2.24) is 14.2 Å². The number of sulfonamides is 1. The Balaban J connectivity index is 1.35. The summed E-state index contributed by atoms with van der Waals surface area (Å²) < 4.78 is 27.4. The Bertz CT molecular complexity index is 1160. The molecule has 2 aromatic rings. The molecule has 33 heavy (non-hydrogen) atoms. The van der Waals surface area contributed by atoms with Crippen LogP contribution in [0.25, 0.3) is 6.08 Å². The molecule has 1 fully saturated rings. The number of benzene rings is 1. The molecule has 174 valence electrons. The molecule has 1 aromatic heterocycles. The zero-order chi connectivity index (χ0) is 23.4. The summed E-state index contributed by atoms with van der Waals surface area (Å²) in [5.74, 6) is 0.547. The largest absolute Gasteiger partial charge is 0.339 e. The van der Waals surface area contributed by atoms with Crippen molar-refractivity contribution in [2.75, 3.05) is 31.5 Å². The lowest BCUT2D eigenvalue weighted by molar-refractivity contribution is -0.125. The number of amides is 2. The topological polar surface area (TPSA) is 99.7 Å². The molecule has 8 nitrogen and oxygen atoms in total. The molecule has 2 aliphatic rings. The van der Waals surface area contributed by atoms with Gasteiger partial charge in [-0.05, 0) is 54.2 Å². The molecule has 0 aliphatic carbocycles. The predicted octanol–water partition coefficient (Wildman–Crippen LogP) is 2.54. The fourth-order valence-electron chi connectivity index (χ4n) is 4.25. The molecule has 1 saturated heterocycles. The van der Waals surface area contributed by atoms with Gasteiger partial charge in [0.1, 0.15) is 5.82 Å². The summed E-state index contributed by atoms with van der Waals surface area (Å²) in [4.78, 5) is 30.5. The summed E-state index contributed by atoms with van der Waals surface area (Å²) in [7, 11) is -3.55. The molecule has 2 aliphatic heterocycles. The van der Waals surface area contributed by atoms with Gasteiger partial charge >= 0.3 is 0 Å². The van der Waals surface area contributed by atoms with Crippen LogP contribution in [-0.2, 0) is 26.0 Å². The van der Waals surface area contributed by atoms with E-state index in [0.29, 0.717) is 49.7 Å². The van der Waals surface area contributed by atoms with E-state index < -0.39 is 10.0 Å².